The average molecular weight is 222 g/mol. The summed E-state index contributed by atoms with van der Waals surface area (Å²) in [6, 6.07) is 0. The number of aromatic nitrogens is 1. The zero-order valence-electron chi connectivity index (χ0n) is 6.55. The van der Waals surface area contributed by atoms with E-state index in [9.17, 15) is 9.90 Å². The minimum absolute atomic E-state index is 0.0723. The molecule has 6 heteroatoms. The van der Waals surface area contributed by atoms with Crippen LogP contribution >= 0.6 is 22.9 Å². The minimum Gasteiger partial charge on any atom is -0.389 e. The standard InChI is InChI=1S/C7H8ClNO3S/c8-1-5(11)6(12)7-9-4(2-10)3-13-7/h2-3,5-6,11-12H,1H2. The van der Waals surface area contributed by atoms with E-state index >= 15 is 0 Å². The van der Waals surface area contributed by atoms with Gasteiger partial charge in [0.15, 0.2) is 6.29 Å². The Morgan fingerprint density at radius 3 is 2.85 bits per heavy atom. The number of thiazole rings is 1. The summed E-state index contributed by atoms with van der Waals surface area (Å²) in [5, 5.41) is 20.4. The molecule has 0 bridgehead atoms. The molecular weight excluding hydrogens is 214 g/mol. The van der Waals surface area contributed by atoms with Gasteiger partial charge in [-0.3, -0.25) is 4.79 Å². The van der Waals surface area contributed by atoms with Crippen molar-refractivity contribution in [2.45, 2.75) is 12.2 Å². The lowest BCUT2D eigenvalue weighted by Crippen LogP contribution is -2.19. The average Bonchev–Trinajstić information content (AvgIpc) is 2.63. The molecule has 0 aliphatic heterocycles. The zero-order chi connectivity index (χ0) is 9.84. The Kier molecular flexibility index (Phi) is 3.80. The van der Waals surface area contributed by atoms with E-state index in [0.717, 1.165) is 11.3 Å². The number of nitrogens with zero attached hydrogens (tertiary/aromatic N) is 1. The lowest BCUT2D eigenvalue weighted by molar-refractivity contribution is 0.0325. The maximum absolute atomic E-state index is 10.3. The van der Waals surface area contributed by atoms with Crippen LogP contribution in [0.2, 0.25) is 0 Å². The van der Waals surface area contributed by atoms with E-state index in [1.165, 1.54) is 5.38 Å². The van der Waals surface area contributed by atoms with Gasteiger partial charge in [0.25, 0.3) is 0 Å². The van der Waals surface area contributed by atoms with E-state index in [1.54, 1.807) is 0 Å². The monoisotopic (exact) mass is 221 g/mol. The number of aliphatic hydroxyl groups excluding tert-OH is 2. The molecule has 1 aromatic rings. The number of carbonyl (C=O) groups is 1. The zero-order valence-corrected chi connectivity index (χ0v) is 8.13. The second-order valence-corrected chi connectivity index (χ2v) is 3.59. The van der Waals surface area contributed by atoms with Crippen LogP contribution in [0.4, 0.5) is 0 Å². The molecule has 0 aromatic carbocycles. The van der Waals surface area contributed by atoms with Gasteiger partial charge >= 0.3 is 0 Å². The highest BCUT2D eigenvalue weighted by Crippen LogP contribution is 2.21. The molecule has 2 atom stereocenters. The Labute approximate surface area is 83.8 Å². The van der Waals surface area contributed by atoms with Gasteiger partial charge in [0.1, 0.15) is 16.8 Å². The largest absolute Gasteiger partial charge is 0.389 e. The van der Waals surface area contributed by atoms with Crippen molar-refractivity contribution in [2.75, 3.05) is 5.88 Å². The van der Waals surface area contributed by atoms with Gasteiger partial charge in [-0.1, -0.05) is 0 Å². The lowest BCUT2D eigenvalue weighted by atomic mass is 10.2. The van der Waals surface area contributed by atoms with Crippen LogP contribution in [-0.2, 0) is 0 Å². The third kappa shape index (κ3) is 2.47. The fourth-order valence-corrected chi connectivity index (χ4v) is 1.71. The maximum Gasteiger partial charge on any atom is 0.169 e. The topological polar surface area (TPSA) is 70.4 Å². The van der Waals surface area contributed by atoms with Crippen molar-refractivity contribution in [2.24, 2.45) is 0 Å². The number of halogens is 1. The number of aliphatic hydroxyl groups is 2. The first-order valence-corrected chi connectivity index (χ1v) is 4.93. The SMILES string of the molecule is O=Cc1csc(C(O)C(O)CCl)n1. The summed E-state index contributed by atoms with van der Waals surface area (Å²) in [5.74, 6) is -0.0723. The predicted octanol–water partition coefficient (Wildman–Crippen LogP) is 0.589. The number of alkyl halides is 1. The molecule has 72 valence electrons. The Morgan fingerprint density at radius 2 is 2.38 bits per heavy atom. The first-order chi connectivity index (χ1) is 6.19. The van der Waals surface area contributed by atoms with Crippen LogP contribution in [-0.4, -0.2) is 33.5 Å². The number of carbonyl (C=O) groups excluding carboxylic acids is 1. The molecule has 0 radical (unpaired) electrons. The van der Waals surface area contributed by atoms with Crippen molar-refractivity contribution in [1.29, 1.82) is 0 Å². The molecule has 0 saturated heterocycles. The molecule has 0 spiro atoms. The number of hydrogen-bond donors (Lipinski definition) is 2. The van der Waals surface area contributed by atoms with Crippen LogP contribution in [0.25, 0.3) is 0 Å². The van der Waals surface area contributed by atoms with Crippen molar-refractivity contribution >= 4 is 29.2 Å². The van der Waals surface area contributed by atoms with Gasteiger partial charge in [-0.15, -0.1) is 22.9 Å². The summed E-state index contributed by atoms with van der Waals surface area (Å²) in [5.41, 5.74) is 0.251. The van der Waals surface area contributed by atoms with E-state index < -0.39 is 12.2 Å². The molecule has 0 fully saturated rings. The molecule has 4 nitrogen and oxygen atoms in total. The summed E-state index contributed by atoms with van der Waals surface area (Å²) in [4.78, 5) is 14.0. The normalized spacial score (nSPS) is 15.3. The van der Waals surface area contributed by atoms with Gasteiger partial charge < -0.3 is 10.2 Å². The van der Waals surface area contributed by atoms with Crippen LogP contribution in [0, 0.1) is 0 Å². The van der Waals surface area contributed by atoms with Crippen molar-refractivity contribution in [3.05, 3.63) is 16.1 Å². The quantitative estimate of drug-likeness (QED) is 0.577. The Balaban J connectivity index is 2.76. The van der Waals surface area contributed by atoms with Gasteiger partial charge in [-0.05, 0) is 0 Å². The minimum atomic E-state index is -1.11. The lowest BCUT2D eigenvalue weighted by Gasteiger charge is -2.11. The van der Waals surface area contributed by atoms with Gasteiger partial charge in [0.05, 0.1) is 12.0 Å². The number of rotatable bonds is 4. The highest BCUT2D eigenvalue weighted by molar-refractivity contribution is 7.09. The molecule has 2 unspecified atom stereocenters. The predicted molar refractivity (Wildman–Crippen MR) is 49.2 cm³/mol. The number of aldehydes is 1. The maximum atomic E-state index is 10.3. The third-order valence-electron chi connectivity index (χ3n) is 1.44. The third-order valence-corrected chi connectivity index (χ3v) is 2.69. The van der Waals surface area contributed by atoms with E-state index in [0.29, 0.717) is 11.3 Å². The van der Waals surface area contributed by atoms with Crippen molar-refractivity contribution in [1.82, 2.24) is 4.98 Å². The smallest absolute Gasteiger partial charge is 0.169 e. The second-order valence-electron chi connectivity index (χ2n) is 2.39. The highest BCUT2D eigenvalue weighted by Gasteiger charge is 2.20. The van der Waals surface area contributed by atoms with E-state index in [2.05, 4.69) is 4.98 Å². The van der Waals surface area contributed by atoms with E-state index in [-0.39, 0.29) is 11.6 Å². The Bertz CT molecular complexity index is 291. The molecule has 0 aliphatic rings. The van der Waals surface area contributed by atoms with Crippen LogP contribution < -0.4 is 0 Å². The summed E-state index contributed by atoms with van der Waals surface area (Å²) in [7, 11) is 0. The molecular formula is C7H8ClNO3S. The van der Waals surface area contributed by atoms with Gasteiger partial charge in [-0.2, -0.15) is 0 Å². The molecule has 1 rings (SSSR count). The molecule has 1 aromatic heterocycles. The van der Waals surface area contributed by atoms with Gasteiger partial charge in [0.2, 0.25) is 0 Å². The van der Waals surface area contributed by atoms with Crippen molar-refractivity contribution in [3.63, 3.8) is 0 Å². The second kappa shape index (κ2) is 4.66. The Hall–Kier alpha value is -0.490. The molecule has 13 heavy (non-hydrogen) atoms. The van der Waals surface area contributed by atoms with Crippen LogP contribution in [0.15, 0.2) is 5.38 Å². The molecule has 2 N–H and O–H groups in total. The van der Waals surface area contributed by atoms with Crippen LogP contribution in [0.5, 0.6) is 0 Å². The first-order valence-electron chi connectivity index (χ1n) is 3.51. The fourth-order valence-electron chi connectivity index (χ4n) is 0.740. The fraction of sp³-hybridized carbons (Fsp3) is 0.429. The van der Waals surface area contributed by atoms with Gasteiger partial charge in [0, 0.05) is 5.38 Å². The van der Waals surface area contributed by atoms with Gasteiger partial charge in [-0.25, -0.2) is 4.98 Å². The summed E-state index contributed by atoms with van der Waals surface area (Å²) in [6.07, 6.45) is -1.58. The van der Waals surface area contributed by atoms with Crippen molar-refractivity contribution in [3.8, 4) is 0 Å². The summed E-state index contributed by atoms with van der Waals surface area (Å²) < 4.78 is 0. The van der Waals surface area contributed by atoms with E-state index in [1.807, 2.05) is 0 Å². The van der Waals surface area contributed by atoms with Crippen molar-refractivity contribution < 1.29 is 15.0 Å². The summed E-state index contributed by atoms with van der Waals surface area (Å²) in [6.45, 7) is 0. The first kappa shape index (κ1) is 10.6. The molecule has 0 amide bonds. The van der Waals surface area contributed by atoms with Crippen LogP contribution in [0.1, 0.15) is 21.6 Å². The Morgan fingerprint density at radius 1 is 1.69 bits per heavy atom. The number of hydrogen-bond acceptors (Lipinski definition) is 5. The van der Waals surface area contributed by atoms with E-state index in [4.69, 9.17) is 16.7 Å². The van der Waals surface area contributed by atoms with Crippen LogP contribution in [0.3, 0.4) is 0 Å². The molecule has 0 aliphatic carbocycles. The summed E-state index contributed by atoms with van der Waals surface area (Å²) >= 11 is 6.45. The molecule has 0 saturated carbocycles. The highest BCUT2D eigenvalue weighted by atomic mass is 35.5. The molecule has 1 heterocycles.